The maximum atomic E-state index is 11.9. The lowest BCUT2D eigenvalue weighted by Crippen LogP contribution is -2.24. The van der Waals surface area contributed by atoms with Gasteiger partial charge in [0.05, 0.1) is 12.9 Å². The van der Waals surface area contributed by atoms with Crippen molar-refractivity contribution in [2.75, 3.05) is 19.4 Å². The van der Waals surface area contributed by atoms with E-state index in [0.717, 1.165) is 31.9 Å². The number of ether oxygens (including phenoxy) is 1. The van der Waals surface area contributed by atoms with Crippen molar-refractivity contribution in [1.29, 1.82) is 0 Å². The molecule has 0 aliphatic heterocycles. The molecule has 1 rings (SSSR count). The van der Waals surface area contributed by atoms with Crippen molar-refractivity contribution < 1.29 is 13.2 Å². The van der Waals surface area contributed by atoms with Crippen LogP contribution in [0.2, 0.25) is 0 Å². The highest BCUT2D eigenvalue weighted by Crippen LogP contribution is 2.07. The van der Waals surface area contributed by atoms with E-state index in [9.17, 15) is 13.2 Å². The van der Waals surface area contributed by atoms with E-state index in [1.165, 1.54) is 6.07 Å². The minimum absolute atomic E-state index is 0.0935. The molecule has 1 N–H and O–H groups in total. The molecule has 0 unspecified atom stereocenters. The molecule has 0 aromatic carbocycles. The number of sulfonamides is 1. The van der Waals surface area contributed by atoms with Crippen molar-refractivity contribution in [3.63, 3.8) is 0 Å². The first-order chi connectivity index (χ1) is 10.4. The predicted octanol–water partition coefficient (Wildman–Crippen LogP) is 1.75. The van der Waals surface area contributed by atoms with E-state index in [2.05, 4.69) is 11.6 Å². The summed E-state index contributed by atoms with van der Waals surface area (Å²) in [4.78, 5) is 11.9. The van der Waals surface area contributed by atoms with E-state index in [1.54, 1.807) is 16.8 Å². The molecule has 126 valence electrons. The fourth-order valence-corrected chi connectivity index (χ4v) is 2.49. The lowest BCUT2D eigenvalue weighted by molar-refractivity contribution is 0.305. The number of pyridine rings is 1. The summed E-state index contributed by atoms with van der Waals surface area (Å²) in [5, 5.41) is 0. The van der Waals surface area contributed by atoms with Gasteiger partial charge in [0.1, 0.15) is 5.75 Å². The van der Waals surface area contributed by atoms with Gasteiger partial charge in [-0.25, -0.2) is 13.1 Å². The number of unbranched alkanes of at least 4 members (excludes halogenated alkanes) is 3. The van der Waals surface area contributed by atoms with Gasteiger partial charge in [0.2, 0.25) is 10.0 Å². The average Bonchev–Trinajstić information content (AvgIpc) is 2.44. The molecule has 6 nitrogen and oxygen atoms in total. The van der Waals surface area contributed by atoms with Crippen LogP contribution in [-0.2, 0) is 16.6 Å². The molecule has 0 saturated heterocycles. The minimum atomic E-state index is -3.13. The smallest absolute Gasteiger partial charge is 0.254 e. The molecule has 7 heteroatoms. The monoisotopic (exact) mass is 330 g/mol. The van der Waals surface area contributed by atoms with Crippen LogP contribution < -0.4 is 15.0 Å². The number of aromatic nitrogens is 1. The van der Waals surface area contributed by atoms with Gasteiger partial charge >= 0.3 is 0 Å². The summed E-state index contributed by atoms with van der Waals surface area (Å²) >= 11 is 0. The summed E-state index contributed by atoms with van der Waals surface area (Å²) in [6, 6.07) is 3.29. The maximum Gasteiger partial charge on any atom is 0.254 e. The Bertz CT molecular complexity index is 596. The van der Waals surface area contributed by atoms with Crippen LogP contribution in [0.25, 0.3) is 0 Å². The largest absolute Gasteiger partial charge is 0.493 e. The van der Waals surface area contributed by atoms with Crippen molar-refractivity contribution in [1.82, 2.24) is 9.29 Å². The van der Waals surface area contributed by atoms with E-state index in [0.29, 0.717) is 31.9 Å². The molecule has 0 saturated carbocycles. The van der Waals surface area contributed by atoms with Crippen LogP contribution in [0.5, 0.6) is 5.75 Å². The summed E-state index contributed by atoms with van der Waals surface area (Å²) in [5.41, 5.74) is -0.0935. The molecule has 22 heavy (non-hydrogen) atoms. The molecule has 1 aromatic heterocycles. The third-order valence-corrected chi connectivity index (χ3v) is 3.90. The first-order valence-electron chi connectivity index (χ1n) is 7.70. The quantitative estimate of drug-likeness (QED) is 0.627. The number of nitrogens with zero attached hydrogens (tertiary/aromatic N) is 1. The Morgan fingerprint density at radius 1 is 1.23 bits per heavy atom. The second-order valence-electron chi connectivity index (χ2n) is 5.32. The SMILES string of the molecule is CCCCCOc1ccn(CCCCNS(C)(=O)=O)c(=O)c1. The highest BCUT2D eigenvalue weighted by Gasteiger charge is 2.01. The summed E-state index contributed by atoms with van der Waals surface area (Å²) < 4.78 is 31.4. The fourth-order valence-electron chi connectivity index (χ4n) is 1.97. The number of hydrogen-bond acceptors (Lipinski definition) is 4. The number of nitrogens with one attached hydrogen (secondary N) is 1. The Kier molecular flexibility index (Phi) is 8.19. The van der Waals surface area contributed by atoms with Crippen LogP contribution in [0, 0.1) is 0 Å². The second-order valence-corrected chi connectivity index (χ2v) is 7.16. The molecular weight excluding hydrogens is 304 g/mol. The van der Waals surface area contributed by atoms with Gasteiger partial charge in [0.15, 0.2) is 0 Å². The van der Waals surface area contributed by atoms with Gasteiger partial charge in [0, 0.05) is 25.4 Å². The first-order valence-corrected chi connectivity index (χ1v) is 9.59. The molecule has 0 fully saturated rings. The van der Waals surface area contributed by atoms with Gasteiger partial charge in [-0.2, -0.15) is 0 Å². The van der Waals surface area contributed by atoms with E-state index in [-0.39, 0.29) is 5.56 Å². The van der Waals surface area contributed by atoms with Crippen LogP contribution >= 0.6 is 0 Å². The lowest BCUT2D eigenvalue weighted by atomic mass is 10.3. The topological polar surface area (TPSA) is 77.4 Å². The lowest BCUT2D eigenvalue weighted by Gasteiger charge is -2.09. The molecule has 0 bridgehead atoms. The van der Waals surface area contributed by atoms with Gasteiger partial charge in [-0.15, -0.1) is 0 Å². The van der Waals surface area contributed by atoms with E-state index >= 15 is 0 Å². The van der Waals surface area contributed by atoms with Crippen LogP contribution in [0.15, 0.2) is 23.1 Å². The zero-order chi connectivity index (χ0) is 16.4. The number of hydrogen-bond donors (Lipinski definition) is 1. The van der Waals surface area contributed by atoms with Crippen molar-refractivity contribution in [3.05, 3.63) is 28.7 Å². The van der Waals surface area contributed by atoms with Crippen molar-refractivity contribution in [3.8, 4) is 5.75 Å². The summed E-state index contributed by atoms with van der Waals surface area (Å²) in [7, 11) is -3.13. The number of rotatable bonds is 11. The van der Waals surface area contributed by atoms with Gasteiger partial charge < -0.3 is 9.30 Å². The van der Waals surface area contributed by atoms with Gasteiger partial charge in [0.25, 0.3) is 5.56 Å². The predicted molar refractivity (Wildman–Crippen MR) is 87.8 cm³/mol. The molecular formula is C15H26N2O4S. The first kappa shape index (κ1) is 18.7. The molecule has 0 radical (unpaired) electrons. The van der Waals surface area contributed by atoms with E-state index < -0.39 is 10.0 Å². The molecule has 0 spiro atoms. The minimum Gasteiger partial charge on any atom is -0.493 e. The molecule has 1 heterocycles. The molecule has 0 amide bonds. The highest BCUT2D eigenvalue weighted by molar-refractivity contribution is 7.88. The fraction of sp³-hybridized carbons (Fsp3) is 0.667. The van der Waals surface area contributed by atoms with E-state index in [4.69, 9.17) is 4.74 Å². The average molecular weight is 330 g/mol. The molecule has 0 atom stereocenters. The van der Waals surface area contributed by atoms with Crippen LogP contribution in [-0.4, -0.2) is 32.4 Å². The van der Waals surface area contributed by atoms with Crippen LogP contribution in [0.3, 0.4) is 0 Å². The third kappa shape index (κ3) is 8.19. The number of aryl methyl sites for hydroxylation is 1. The Hall–Kier alpha value is -1.34. The Balaban J connectivity index is 2.34. The second kappa shape index (κ2) is 9.63. The maximum absolute atomic E-state index is 11.9. The van der Waals surface area contributed by atoms with Crippen molar-refractivity contribution in [2.24, 2.45) is 0 Å². The van der Waals surface area contributed by atoms with Gasteiger partial charge in [-0.3, -0.25) is 4.79 Å². The standard InChI is InChI=1S/C15H26N2O4S/c1-3-4-7-12-21-14-8-11-17(15(18)13-14)10-6-5-9-16-22(2,19)20/h8,11,13,16H,3-7,9-10,12H2,1-2H3. The van der Waals surface area contributed by atoms with Crippen molar-refractivity contribution in [2.45, 2.75) is 45.6 Å². The van der Waals surface area contributed by atoms with Crippen LogP contribution in [0.4, 0.5) is 0 Å². The molecule has 1 aromatic rings. The summed E-state index contributed by atoms with van der Waals surface area (Å²) in [6.07, 6.45) is 7.54. The zero-order valence-corrected chi connectivity index (χ0v) is 14.2. The Morgan fingerprint density at radius 3 is 2.64 bits per heavy atom. The van der Waals surface area contributed by atoms with Gasteiger partial charge in [-0.05, 0) is 25.3 Å². The molecule has 0 aliphatic rings. The van der Waals surface area contributed by atoms with Crippen molar-refractivity contribution >= 4 is 10.0 Å². The van der Waals surface area contributed by atoms with Gasteiger partial charge in [-0.1, -0.05) is 19.8 Å². The zero-order valence-electron chi connectivity index (χ0n) is 13.4. The summed E-state index contributed by atoms with van der Waals surface area (Å²) in [6.45, 7) is 3.73. The normalized spacial score (nSPS) is 11.5. The molecule has 0 aliphatic carbocycles. The van der Waals surface area contributed by atoms with Crippen LogP contribution in [0.1, 0.15) is 39.0 Å². The van der Waals surface area contributed by atoms with E-state index in [1.807, 2.05) is 0 Å². The summed E-state index contributed by atoms with van der Waals surface area (Å²) in [5.74, 6) is 0.607. The third-order valence-electron chi connectivity index (χ3n) is 3.17. The highest BCUT2D eigenvalue weighted by atomic mass is 32.2. The Morgan fingerprint density at radius 2 is 2.00 bits per heavy atom. The Labute approximate surface area is 132 Å².